The summed E-state index contributed by atoms with van der Waals surface area (Å²) in [4.78, 5) is 31.2. The number of fused-ring (bicyclic) bond motifs is 1. The second-order valence-corrected chi connectivity index (χ2v) is 9.30. The highest BCUT2D eigenvalue weighted by Crippen LogP contribution is 2.37. The highest BCUT2D eigenvalue weighted by molar-refractivity contribution is 6.32. The molecule has 8 nitrogen and oxygen atoms in total. The predicted molar refractivity (Wildman–Crippen MR) is 149 cm³/mol. The Morgan fingerprint density at radius 3 is 2.32 bits per heavy atom. The van der Waals surface area contributed by atoms with Gasteiger partial charge < -0.3 is 9.88 Å². The molecule has 9 heteroatoms. The molecule has 0 unspecified atom stereocenters. The molecule has 3 aromatic carbocycles. The van der Waals surface area contributed by atoms with Crippen LogP contribution in [0.2, 0.25) is 5.02 Å². The van der Waals surface area contributed by atoms with Crippen molar-refractivity contribution in [2.75, 3.05) is 10.2 Å². The van der Waals surface area contributed by atoms with Crippen LogP contribution in [0.3, 0.4) is 0 Å². The van der Waals surface area contributed by atoms with E-state index in [1.165, 1.54) is 6.07 Å². The molecule has 0 radical (unpaired) electrons. The standard InChI is InChI=1S/C28H30ClN5O3/c1-5-18-8-11-20(12-9-18)33(16-19-10-13-25-24(14-19)30-17-32(25)4)28(35)31-27-21(6-2)23(29)15-26(34(36)37)22(27)7-3/h8-15,17H,5-7,16H2,1-4H3,(H,31,35). The zero-order valence-electron chi connectivity index (χ0n) is 21.4. The summed E-state index contributed by atoms with van der Waals surface area (Å²) in [6, 6.07) is 14.7. The number of hydrogen-bond acceptors (Lipinski definition) is 4. The Bertz CT molecular complexity index is 1460. The normalized spacial score (nSPS) is 11.1. The number of nitrogens with one attached hydrogen (secondary N) is 1. The minimum absolute atomic E-state index is 0.0977. The third-order valence-corrected chi connectivity index (χ3v) is 6.97. The number of nitro benzene ring substituents is 1. The summed E-state index contributed by atoms with van der Waals surface area (Å²) in [5.74, 6) is 0. The van der Waals surface area contributed by atoms with Crippen LogP contribution in [0, 0.1) is 10.1 Å². The number of aryl methyl sites for hydroxylation is 2. The highest BCUT2D eigenvalue weighted by Gasteiger charge is 2.26. The molecule has 37 heavy (non-hydrogen) atoms. The number of hydrogen-bond donors (Lipinski definition) is 1. The molecule has 0 atom stereocenters. The molecule has 4 rings (SSSR count). The molecule has 0 saturated carbocycles. The number of urea groups is 1. The first-order chi connectivity index (χ1) is 17.8. The Labute approximate surface area is 221 Å². The lowest BCUT2D eigenvalue weighted by molar-refractivity contribution is -0.385. The molecule has 0 aliphatic carbocycles. The van der Waals surface area contributed by atoms with Crippen molar-refractivity contribution in [3.63, 3.8) is 0 Å². The van der Waals surface area contributed by atoms with E-state index in [0.29, 0.717) is 35.3 Å². The first kappa shape index (κ1) is 26.2. The predicted octanol–water partition coefficient (Wildman–Crippen LogP) is 7.06. The molecule has 0 aliphatic rings. The van der Waals surface area contributed by atoms with E-state index in [2.05, 4.69) is 17.2 Å². The molecule has 1 aromatic heterocycles. The number of carbonyl (C=O) groups excluding carboxylic acids is 1. The Morgan fingerprint density at radius 2 is 1.70 bits per heavy atom. The van der Waals surface area contributed by atoms with Gasteiger partial charge in [-0.25, -0.2) is 9.78 Å². The minimum atomic E-state index is -0.455. The van der Waals surface area contributed by atoms with Gasteiger partial charge in [0.1, 0.15) is 0 Å². The number of benzene rings is 3. The fourth-order valence-corrected chi connectivity index (χ4v) is 4.90. The van der Waals surface area contributed by atoms with Crippen LogP contribution in [0.5, 0.6) is 0 Å². The fourth-order valence-electron chi connectivity index (χ4n) is 4.57. The van der Waals surface area contributed by atoms with E-state index < -0.39 is 11.0 Å². The van der Waals surface area contributed by atoms with Gasteiger partial charge in [-0.1, -0.05) is 50.6 Å². The second kappa shape index (κ2) is 11.0. The zero-order chi connectivity index (χ0) is 26.7. The summed E-state index contributed by atoms with van der Waals surface area (Å²) in [6.45, 7) is 6.10. The molecule has 4 aromatic rings. The summed E-state index contributed by atoms with van der Waals surface area (Å²) >= 11 is 6.43. The summed E-state index contributed by atoms with van der Waals surface area (Å²) in [7, 11) is 1.94. The SMILES string of the molecule is CCc1ccc(N(Cc2ccc3c(c2)ncn3C)C(=O)Nc2c(CC)c(Cl)cc([N+](=O)[O-])c2CC)cc1. The average Bonchev–Trinajstić information content (AvgIpc) is 3.26. The number of carbonyl (C=O) groups is 1. The second-order valence-electron chi connectivity index (χ2n) is 8.89. The van der Waals surface area contributed by atoms with Gasteiger partial charge in [-0.2, -0.15) is 0 Å². The smallest absolute Gasteiger partial charge is 0.326 e. The van der Waals surface area contributed by atoms with E-state index >= 15 is 0 Å². The van der Waals surface area contributed by atoms with Crippen LogP contribution in [0.1, 0.15) is 43.0 Å². The van der Waals surface area contributed by atoms with E-state index in [0.717, 1.165) is 28.6 Å². The molecule has 192 valence electrons. The van der Waals surface area contributed by atoms with E-state index in [1.54, 1.807) is 11.2 Å². The monoisotopic (exact) mass is 519 g/mol. The fraction of sp³-hybridized carbons (Fsp3) is 0.286. The Morgan fingerprint density at radius 1 is 1.03 bits per heavy atom. The molecule has 1 N–H and O–H groups in total. The molecule has 2 amide bonds. The van der Waals surface area contributed by atoms with Crippen molar-refractivity contribution < 1.29 is 9.72 Å². The van der Waals surface area contributed by atoms with Gasteiger partial charge in [0, 0.05) is 18.8 Å². The van der Waals surface area contributed by atoms with Gasteiger partial charge in [-0.05, 0) is 60.2 Å². The lowest BCUT2D eigenvalue weighted by atomic mass is 10.0. The van der Waals surface area contributed by atoms with Gasteiger partial charge in [0.15, 0.2) is 0 Å². The quantitative estimate of drug-likeness (QED) is 0.199. The van der Waals surface area contributed by atoms with Gasteiger partial charge >= 0.3 is 6.03 Å². The maximum absolute atomic E-state index is 13.9. The van der Waals surface area contributed by atoms with Crippen LogP contribution in [0.15, 0.2) is 54.9 Å². The van der Waals surface area contributed by atoms with Crippen LogP contribution in [-0.2, 0) is 32.9 Å². The molecule has 0 fully saturated rings. The van der Waals surface area contributed by atoms with E-state index in [-0.39, 0.29) is 17.3 Å². The minimum Gasteiger partial charge on any atom is -0.334 e. The van der Waals surface area contributed by atoms with Crippen molar-refractivity contribution in [3.05, 3.63) is 92.2 Å². The summed E-state index contributed by atoms with van der Waals surface area (Å²) < 4.78 is 1.94. The number of imidazole rings is 1. The summed E-state index contributed by atoms with van der Waals surface area (Å²) in [5.41, 5.74) is 6.06. The molecule has 0 bridgehead atoms. The zero-order valence-corrected chi connectivity index (χ0v) is 22.2. The number of amides is 2. The third kappa shape index (κ3) is 5.29. The Hall–Kier alpha value is -3.91. The maximum Gasteiger partial charge on any atom is 0.326 e. The Kier molecular flexibility index (Phi) is 7.78. The number of nitrogens with zero attached hydrogens (tertiary/aromatic N) is 4. The molecular formula is C28H30ClN5O3. The van der Waals surface area contributed by atoms with Crippen molar-refractivity contribution in [2.24, 2.45) is 7.05 Å². The molecule has 0 spiro atoms. The van der Waals surface area contributed by atoms with Gasteiger partial charge in [0.2, 0.25) is 0 Å². The van der Waals surface area contributed by atoms with Crippen LogP contribution in [0.25, 0.3) is 11.0 Å². The number of rotatable bonds is 8. The number of halogens is 1. The maximum atomic E-state index is 13.9. The summed E-state index contributed by atoms with van der Waals surface area (Å²) in [6.07, 6.45) is 3.53. The van der Waals surface area contributed by atoms with Crippen molar-refractivity contribution in [1.82, 2.24) is 9.55 Å². The lowest BCUT2D eigenvalue weighted by Gasteiger charge is -2.25. The number of anilines is 2. The van der Waals surface area contributed by atoms with Crippen LogP contribution >= 0.6 is 11.6 Å². The van der Waals surface area contributed by atoms with Gasteiger partial charge in [0.05, 0.1) is 45.1 Å². The third-order valence-electron chi connectivity index (χ3n) is 6.63. The van der Waals surface area contributed by atoms with Crippen molar-refractivity contribution >= 4 is 45.7 Å². The summed E-state index contributed by atoms with van der Waals surface area (Å²) in [5, 5.41) is 15.0. The first-order valence-corrected chi connectivity index (χ1v) is 12.7. The van der Waals surface area contributed by atoms with E-state index in [1.807, 2.05) is 67.9 Å². The lowest BCUT2D eigenvalue weighted by Crippen LogP contribution is -2.35. The van der Waals surface area contributed by atoms with E-state index in [9.17, 15) is 14.9 Å². The molecule has 1 heterocycles. The van der Waals surface area contributed by atoms with Gasteiger partial charge in [0.25, 0.3) is 5.69 Å². The van der Waals surface area contributed by atoms with Crippen molar-refractivity contribution in [1.29, 1.82) is 0 Å². The average molecular weight is 520 g/mol. The number of aromatic nitrogens is 2. The molecular weight excluding hydrogens is 490 g/mol. The largest absolute Gasteiger partial charge is 0.334 e. The van der Waals surface area contributed by atoms with Crippen LogP contribution < -0.4 is 10.2 Å². The Balaban J connectivity index is 1.77. The molecule has 0 saturated heterocycles. The van der Waals surface area contributed by atoms with Crippen LogP contribution in [-0.4, -0.2) is 20.5 Å². The first-order valence-electron chi connectivity index (χ1n) is 12.3. The van der Waals surface area contributed by atoms with Gasteiger partial charge in [-0.3, -0.25) is 15.0 Å². The van der Waals surface area contributed by atoms with E-state index in [4.69, 9.17) is 11.6 Å². The van der Waals surface area contributed by atoms with Crippen molar-refractivity contribution in [2.45, 2.75) is 46.6 Å². The van der Waals surface area contributed by atoms with Gasteiger partial charge in [-0.15, -0.1) is 0 Å². The highest BCUT2D eigenvalue weighted by atomic mass is 35.5. The van der Waals surface area contributed by atoms with Crippen molar-refractivity contribution in [3.8, 4) is 0 Å². The van der Waals surface area contributed by atoms with Crippen LogP contribution in [0.4, 0.5) is 21.9 Å². The topological polar surface area (TPSA) is 93.3 Å². The number of nitro groups is 1. The molecule has 0 aliphatic heterocycles.